The Labute approximate surface area is 107 Å². The van der Waals surface area contributed by atoms with Crippen molar-refractivity contribution in [2.45, 2.75) is 33.2 Å². The number of nitrogens with one attached hydrogen (secondary N) is 2. The Morgan fingerprint density at radius 2 is 2.22 bits per heavy atom. The highest BCUT2D eigenvalue weighted by Gasteiger charge is 2.09. The highest BCUT2D eigenvalue weighted by Crippen LogP contribution is 2.13. The monoisotopic (exact) mass is 256 g/mol. The second-order valence-electron chi connectivity index (χ2n) is 4.02. The molecule has 1 atom stereocenters. The summed E-state index contributed by atoms with van der Waals surface area (Å²) in [5, 5.41) is 5.99. The van der Waals surface area contributed by atoms with E-state index in [2.05, 4.69) is 20.6 Å². The molecule has 0 saturated heterocycles. The molecule has 0 aliphatic rings. The fourth-order valence-electron chi connectivity index (χ4n) is 1.36. The zero-order valence-electron chi connectivity index (χ0n) is 11.2. The Hall–Kier alpha value is -1.43. The number of hydrogen-bond acceptors (Lipinski definition) is 5. The molecule has 0 amide bonds. The van der Waals surface area contributed by atoms with E-state index in [1.165, 1.54) is 6.20 Å². The molecule has 0 spiro atoms. The molecule has 0 radical (unpaired) electrons. The normalized spacial score (nSPS) is 12.2. The van der Waals surface area contributed by atoms with Crippen LogP contribution in [-0.4, -0.2) is 35.8 Å². The summed E-state index contributed by atoms with van der Waals surface area (Å²) >= 11 is 0. The zero-order chi connectivity index (χ0) is 13.4. The van der Waals surface area contributed by atoms with Crippen molar-refractivity contribution >= 4 is 11.8 Å². The van der Waals surface area contributed by atoms with E-state index in [0.29, 0.717) is 19.2 Å². The molecule has 0 fully saturated rings. The molecular weight excluding hydrogens is 235 g/mol. The molecule has 1 aromatic rings. The first-order valence-corrected chi connectivity index (χ1v) is 6.28. The quantitative estimate of drug-likeness (QED) is 0.747. The topological polar surface area (TPSA) is 59.1 Å². The fraction of sp³-hybridized carbons (Fsp3) is 0.667. The molecular formula is C12H21FN4O. The Morgan fingerprint density at radius 1 is 1.44 bits per heavy atom. The van der Waals surface area contributed by atoms with Crippen molar-refractivity contribution in [1.82, 2.24) is 9.97 Å². The van der Waals surface area contributed by atoms with Crippen LogP contribution in [0.3, 0.4) is 0 Å². The van der Waals surface area contributed by atoms with Crippen LogP contribution in [-0.2, 0) is 4.74 Å². The molecule has 6 heteroatoms. The molecule has 0 bridgehead atoms. The average Bonchev–Trinajstić information content (AvgIpc) is 2.37. The van der Waals surface area contributed by atoms with Crippen LogP contribution in [0.2, 0.25) is 0 Å². The van der Waals surface area contributed by atoms with Gasteiger partial charge in [0.15, 0.2) is 11.6 Å². The lowest BCUT2D eigenvalue weighted by atomic mass is 10.3. The van der Waals surface area contributed by atoms with Gasteiger partial charge in [0.1, 0.15) is 0 Å². The van der Waals surface area contributed by atoms with Crippen molar-refractivity contribution in [2.75, 3.05) is 30.4 Å². The summed E-state index contributed by atoms with van der Waals surface area (Å²) in [5.41, 5.74) is 0. The molecule has 1 rings (SSSR count). The third-order valence-electron chi connectivity index (χ3n) is 2.23. The van der Waals surface area contributed by atoms with Crippen molar-refractivity contribution < 1.29 is 9.13 Å². The number of halogens is 1. The molecule has 0 aliphatic heterocycles. The Bertz CT molecular complexity index is 362. The van der Waals surface area contributed by atoms with Gasteiger partial charge >= 0.3 is 0 Å². The second kappa shape index (κ2) is 7.81. The number of ether oxygens (including phenoxy) is 1. The van der Waals surface area contributed by atoms with E-state index in [1.54, 1.807) is 0 Å². The van der Waals surface area contributed by atoms with E-state index in [4.69, 9.17) is 4.74 Å². The van der Waals surface area contributed by atoms with Gasteiger partial charge in [-0.2, -0.15) is 4.98 Å². The predicted molar refractivity (Wildman–Crippen MR) is 70.3 cm³/mol. The highest BCUT2D eigenvalue weighted by molar-refractivity contribution is 5.41. The maximum absolute atomic E-state index is 13.5. The van der Waals surface area contributed by atoms with Gasteiger partial charge in [0.05, 0.1) is 12.8 Å². The van der Waals surface area contributed by atoms with Gasteiger partial charge in [-0.3, -0.25) is 0 Å². The maximum Gasteiger partial charge on any atom is 0.224 e. The zero-order valence-corrected chi connectivity index (χ0v) is 11.2. The molecule has 0 saturated carbocycles. The van der Waals surface area contributed by atoms with E-state index in [0.717, 1.165) is 13.0 Å². The summed E-state index contributed by atoms with van der Waals surface area (Å²) in [6.07, 6.45) is 2.13. The van der Waals surface area contributed by atoms with Crippen molar-refractivity contribution in [3.63, 3.8) is 0 Å². The number of rotatable bonds is 8. The van der Waals surface area contributed by atoms with Gasteiger partial charge in [0.2, 0.25) is 5.95 Å². The van der Waals surface area contributed by atoms with Crippen molar-refractivity contribution in [1.29, 1.82) is 0 Å². The van der Waals surface area contributed by atoms with Crippen LogP contribution in [0.1, 0.15) is 27.2 Å². The van der Waals surface area contributed by atoms with E-state index >= 15 is 0 Å². The number of nitrogens with zero attached hydrogens (tertiary/aromatic N) is 2. The second-order valence-corrected chi connectivity index (χ2v) is 4.02. The van der Waals surface area contributed by atoms with Crippen LogP contribution in [0.15, 0.2) is 6.20 Å². The Kier molecular flexibility index (Phi) is 6.35. The molecule has 1 unspecified atom stereocenters. The van der Waals surface area contributed by atoms with Gasteiger partial charge in [-0.15, -0.1) is 0 Å². The van der Waals surface area contributed by atoms with Crippen molar-refractivity contribution in [2.24, 2.45) is 0 Å². The standard InChI is InChI=1S/C12H21FN4O/c1-4-6-14-12-15-7-10(13)11(17-12)16-9(3)8-18-5-2/h7,9H,4-6,8H2,1-3H3,(H2,14,15,16,17). The predicted octanol–water partition coefficient (Wildman–Crippen LogP) is 2.27. The summed E-state index contributed by atoms with van der Waals surface area (Å²) in [5.74, 6) is 0.181. The molecule has 1 aromatic heterocycles. The Balaban J connectivity index is 2.62. The van der Waals surface area contributed by atoms with Gasteiger partial charge in [-0.05, 0) is 20.3 Å². The van der Waals surface area contributed by atoms with E-state index in [-0.39, 0.29) is 11.9 Å². The third-order valence-corrected chi connectivity index (χ3v) is 2.23. The smallest absolute Gasteiger partial charge is 0.224 e. The molecule has 0 aromatic carbocycles. The van der Waals surface area contributed by atoms with Crippen LogP contribution >= 0.6 is 0 Å². The molecule has 102 valence electrons. The van der Waals surface area contributed by atoms with Crippen molar-refractivity contribution in [3.05, 3.63) is 12.0 Å². The SMILES string of the molecule is CCCNc1ncc(F)c(NC(C)COCC)n1. The van der Waals surface area contributed by atoms with Gasteiger partial charge in [0.25, 0.3) is 0 Å². The molecule has 18 heavy (non-hydrogen) atoms. The summed E-state index contributed by atoms with van der Waals surface area (Å²) in [6.45, 7) is 7.79. The average molecular weight is 256 g/mol. The molecule has 2 N–H and O–H groups in total. The van der Waals surface area contributed by atoms with Gasteiger partial charge < -0.3 is 15.4 Å². The van der Waals surface area contributed by atoms with Gasteiger partial charge in [-0.1, -0.05) is 6.92 Å². The largest absolute Gasteiger partial charge is 0.380 e. The number of anilines is 2. The van der Waals surface area contributed by atoms with Crippen LogP contribution in [0.5, 0.6) is 0 Å². The van der Waals surface area contributed by atoms with E-state index in [1.807, 2.05) is 20.8 Å². The summed E-state index contributed by atoms with van der Waals surface area (Å²) in [4.78, 5) is 7.97. The lowest BCUT2D eigenvalue weighted by Crippen LogP contribution is -2.23. The molecule has 1 heterocycles. The first-order chi connectivity index (χ1) is 8.67. The summed E-state index contributed by atoms with van der Waals surface area (Å²) in [6, 6.07) is -0.00613. The lowest BCUT2D eigenvalue weighted by molar-refractivity contribution is 0.141. The minimum Gasteiger partial charge on any atom is -0.380 e. The number of aromatic nitrogens is 2. The molecule has 0 aliphatic carbocycles. The number of hydrogen-bond donors (Lipinski definition) is 2. The van der Waals surface area contributed by atoms with Gasteiger partial charge in [-0.25, -0.2) is 9.37 Å². The van der Waals surface area contributed by atoms with Crippen LogP contribution < -0.4 is 10.6 Å². The lowest BCUT2D eigenvalue weighted by Gasteiger charge is -2.15. The van der Waals surface area contributed by atoms with Crippen LogP contribution in [0.4, 0.5) is 16.2 Å². The third kappa shape index (κ3) is 4.83. The van der Waals surface area contributed by atoms with Crippen LogP contribution in [0, 0.1) is 5.82 Å². The Morgan fingerprint density at radius 3 is 2.89 bits per heavy atom. The highest BCUT2D eigenvalue weighted by atomic mass is 19.1. The molecule has 5 nitrogen and oxygen atoms in total. The minimum atomic E-state index is -0.458. The van der Waals surface area contributed by atoms with Crippen molar-refractivity contribution in [3.8, 4) is 0 Å². The van der Waals surface area contributed by atoms with Gasteiger partial charge in [0, 0.05) is 19.2 Å². The minimum absolute atomic E-state index is 0.00613. The fourth-order valence-corrected chi connectivity index (χ4v) is 1.36. The van der Waals surface area contributed by atoms with Crippen LogP contribution in [0.25, 0.3) is 0 Å². The first kappa shape index (κ1) is 14.6. The first-order valence-electron chi connectivity index (χ1n) is 6.28. The summed E-state index contributed by atoms with van der Waals surface area (Å²) in [7, 11) is 0. The summed E-state index contributed by atoms with van der Waals surface area (Å²) < 4.78 is 18.8. The van der Waals surface area contributed by atoms with E-state index < -0.39 is 5.82 Å². The van der Waals surface area contributed by atoms with E-state index in [9.17, 15) is 4.39 Å². The maximum atomic E-state index is 13.5.